The van der Waals surface area contributed by atoms with Crippen molar-refractivity contribution in [2.24, 2.45) is 5.73 Å². The third kappa shape index (κ3) is 3.15. The molecule has 0 saturated heterocycles. The molecule has 1 fully saturated rings. The molecule has 1 aliphatic rings. The summed E-state index contributed by atoms with van der Waals surface area (Å²) in [5.41, 5.74) is 8.47. The van der Waals surface area contributed by atoms with Crippen LogP contribution in [0.15, 0.2) is 16.6 Å². The Kier molecular flexibility index (Phi) is 5.29. The number of rotatable bonds is 4. The molecule has 0 amide bonds. The highest BCUT2D eigenvalue weighted by Crippen LogP contribution is 2.41. The summed E-state index contributed by atoms with van der Waals surface area (Å²) in [6.45, 7) is 1.22. The molecule has 0 aromatic heterocycles. The molecule has 0 bridgehead atoms. The van der Waals surface area contributed by atoms with Gasteiger partial charge >= 0.3 is 0 Å². The summed E-state index contributed by atoms with van der Waals surface area (Å²) >= 11 is 10.0. The van der Waals surface area contributed by atoms with E-state index in [1.165, 1.54) is 24.8 Å². The first-order valence-corrected chi connectivity index (χ1v) is 7.97. The highest BCUT2D eigenvalue weighted by molar-refractivity contribution is 9.10. The molecule has 0 heterocycles. The fraction of sp³-hybridized carbons (Fsp3) is 0.600. The van der Waals surface area contributed by atoms with Crippen LogP contribution in [0.3, 0.4) is 0 Å². The Balaban J connectivity index is 2.39. The van der Waals surface area contributed by atoms with Gasteiger partial charge in [-0.15, -0.1) is 0 Å². The number of hydrogen-bond donors (Lipinski definition) is 1. The number of ether oxygens (including phenoxy) is 1. The van der Waals surface area contributed by atoms with Crippen LogP contribution in [0.1, 0.15) is 43.2 Å². The SMILES string of the molecule is COCc1c(Cl)cc(C2(CN)CCCCC2)cc1Br. The van der Waals surface area contributed by atoms with Gasteiger partial charge in [0, 0.05) is 34.1 Å². The molecular formula is C15H21BrClNO. The Hall–Kier alpha value is -0.0900. The number of benzene rings is 1. The second kappa shape index (κ2) is 6.57. The first kappa shape index (κ1) is 15.3. The molecule has 19 heavy (non-hydrogen) atoms. The first-order valence-electron chi connectivity index (χ1n) is 6.80. The highest BCUT2D eigenvalue weighted by atomic mass is 79.9. The predicted octanol–water partition coefficient (Wildman–Crippen LogP) is 4.41. The molecule has 4 heteroatoms. The quantitative estimate of drug-likeness (QED) is 0.876. The smallest absolute Gasteiger partial charge is 0.0738 e. The van der Waals surface area contributed by atoms with Gasteiger partial charge in [0.1, 0.15) is 0 Å². The molecule has 1 aromatic carbocycles. The van der Waals surface area contributed by atoms with E-state index in [2.05, 4.69) is 28.1 Å². The first-order chi connectivity index (χ1) is 9.13. The molecule has 2 N–H and O–H groups in total. The van der Waals surface area contributed by atoms with Gasteiger partial charge in [-0.2, -0.15) is 0 Å². The third-order valence-electron chi connectivity index (χ3n) is 4.24. The van der Waals surface area contributed by atoms with Crippen molar-refractivity contribution in [3.8, 4) is 0 Å². The Morgan fingerprint density at radius 1 is 1.32 bits per heavy atom. The van der Waals surface area contributed by atoms with Crippen molar-refractivity contribution in [1.29, 1.82) is 0 Å². The maximum atomic E-state index is 6.40. The lowest BCUT2D eigenvalue weighted by Gasteiger charge is -2.37. The van der Waals surface area contributed by atoms with Crippen molar-refractivity contribution < 1.29 is 4.74 Å². The fourth-order valence-corrected chi connectivity index (χ4v) is 3.99. The zero-order valence-corrected chi connectivity index (χ0v) is 13.7. The van der Waals surface area contributed by atoms with Crippen LogP contribution in [0.25, 0.3) is 0 Å². The Morgan fingerprint density at radius 3 is 2.53 bits per heavy atom. The average molecular weight is 347 g/mol. The summed E-state index contributed by atoms with van der Waals surface area (Å²) in [7, 11) is 1.68. The van der Waals surface area contributed by atoms with Gasteiger partial charge in [-0.25, -0.2) is 0 Å². The molecule has 0 spiro atoms. The molecular weight excluding hydrogens is 326 g/mol. The molecule has 1 aromatic rings. The van der Waals surface area contributed by atoms with Gasteiger partial charge in [0.05, 0.1) is 6.61 Å². The van der Waals surface area contributed by atoms with Crippen LogP contribution < -0.4 is 5.73 Å². The molecule has 2 nitrogen and oxygen atoms in total. The van der Waals surface area contributed by atoms with Crippen molar-refractivity contribution in [1.82, 2.24) is 0 Å². The van der Waals surface area contributed by atoms with E-state index in [9.17, 15) is 0 Å². The zero-order valence-electron chi connectivity index (χ0n) is 11.3. The van der Waals surface area contributed by atoms with Crippen LogP contribution >= 0.6 is 27.5 Å². The summed E-state index contributed by atoms with van der Waals surface area (Å²) in [5, 5.41) is 0.768. The van der Waals surface area contributed by atoms with Gasteiger partial charge in [-0.05, 0) is 30.5 Å². The van der Waals surface area contributed by atoms with E-state index in [4.69, 9.17) is 22.1 Å². The van der Waals surface area contributed by atoms with Crippen molar-refractivity contribution in [3.63, 3.8) is 0 Å². The van der Waals surface area contributed by atoms with Gasteiger partial charge < -0.3 is 10.5 Å². The normalized spacial score (nSPS) is 18.5. The van der Waals surface area contributed by atoms with Crippen LogP contribution in [0.4, 0.5) is 0 Å². The second-order valence-corrected chi connectivity index (χ2v) is 6.66. The van der Waals surface area contributed by atoms with Gasteiger partial charge in [0.2, 0.25) is 0 Å². The molecule has 0 aliphatic heterocycles. The van der Waals surface area contributed by atoms with Crippen LogP contribution in [0.2, 0.25) is 5.02 Å². The van der Waals surface area contributed by atoms with Crippen LogP contribution in [0.5, 0.6) is 0 Å². The lowest BCUT2D eigenvalue weighted by atomic mass is 9.69. The molecule has 0 atom stereocenters. The summed E-state index contributed by atoms with van der Waals surface area (Å²) in [6.07, 6.45) is 6.16. The van der Waals surface area contributed by atoms with E-state index in [1.807, 2.05) is 0 Å². The Labute approximate surface area is 128 Å². The molecule has 2 rings (SSSR count). The monoisotopic (exact) mass is 345 g/mol. The fourth-order valence-electron chi connectivity index (χ4n) is 3.03. The van der Waals surface area contributed by atoms with Crippen molar-refractivity contribution >= 4 is 27.5 Å². The number of halogens is 2. The van der Waals surface area contributed by atoms with Crippen LogP contribution in [-0.2, 0) is 16.8 Å². The van der Waals surface area contributed by atoms with Gasteiger partial charge in [-0.1, -0.05) is 46.8 Å². The minimum atomic E-state index is 0.107. The third-order valence-corrected chi connectivity index (χ3v) is 5.29. The zero-order chi connectivity index (χ0) is 13.9. The molecule has 1 saturated carbocycles. The largest absolute Gasteiger partial charge is 0.380 e. The van der Waals surface area contributed by atoms with Gasteiger partial charge in [-0.3, -0.25) is 0 Å². The van der Waals surface area contributed by atoms with Crippen LogP contribution in [0, 0.1) is 0 Å². The minimum Gasteiger partial charge on any atom is -0.380 e. The molecule has 106 valence electrons. The van der Waals surface area contributed by atoms with E-state index in [0.29, 0.717) is 13.2 Å². The highest BCUT2D eigenvalue weighted by Gasteiger charge is 2.33. The van der Waals surface area contributed by atoms with E-state index < -0.39 is 0 Å². The summed E-state index contributed by atoms with van der Waals surface area (Å²) in [5.74, 6) is 0. The number of hydrogen-bond acceptors (Lipinski definition) is 2. The van der Waals surface area contributed by atoms with E-state index in [-0.39, 0.29) is 5.41 Å². The van der Waals surface area contributed by atoms with Gasteiger partial charge in [0.25, 0.3) is 0 Å². The van der Waals surface area contributed by atoms with E-state index >= 15 is 0 Å². The summed E-state index contributed by atoms with van der Waals surface area (Å²) in [4.78, 5) is 0. The predicted molar refractivity (Wildman–Crippen MR) is 83.7 cm³/mol. The lowest BCUT2D eigenvalue weighted by Crippen LogP contribution is -2.37. The topological polar surface area (TPSA) is 35.2 Å². The summed E-state index contributed by atoms with van der Waals surface area (Å²) < 4.78 is 6.21. The van der Waals surface area contributed by atoms with Crippen molar-refractivity contribution in [2.75, 3.05) is 13.7 Å². The molecule has 1 aliphatic carbocycles. The minimum absolute atomic E-state index is 0.107. The Morgan fingerprint density at radius 2 is 2.00 bits per heavy atom. The maximum absolute atomic E-state index is 6.40. The van der Waals surface area contributed by atoms with Crippen molar-refractivity contribution in [2.45, 2.75) is 44.1 Å². The number of methoxy groups -OCH3 is 1. The second-order valence-electron chi connectivity index (χ2n) is 5.40. The van der Waals surface area contributed by atoms with E-state index in [0.717, 1.165) is 27.9 Å². The van der Waals surface area contributed by atoms with Gasteiger partial charge in [0.15, 0.2) is 0 Å². The molecule has 0 unspecified atom stereocenters. The number of nitrogens with two attached hydrogens (primary N) is 1. The van der Waals surface area contributed by atoms with Crippen LogP contribution in [-0.4, -0.2) is 13.7 Å². The maximum Gasteiger partial charge on any atom is 0.0738 e. The summed E-state index contributed by atoms with van der Waals surface area (Å²) in [6, 6.07) is 4.26. The lowest BCUT2D eigenvalue weighted by molar-refractivity contribution is 0.184. The molecule has 0 radical (unpaired) electrons. The Bertz CT molecular complexity index is 421. The average Bonchev–Trinajstić information content (AvgIpc) is 2.43. The van der Waals surface area contributed by atoms with E-state index in [1.54, 1.807) is 7.11 Å². The standard InChI is InChI=1S/C15H21BrClNO/c1-19-9-12-13(16)7-11(8-14(12)17)15(10-18)5-3-2-4-6-15/h7-8H,2-6,9-10,18H2,1H3. The van der Waals surface area contributed by atoms with Crippen molar-refractivity contribution in [3.05, 3.63) is 32.8 Å².